The van der Waals surface area contributed by atoms with E-state index in [1.165, 1.54) is 25.7 Å². The highest BCUT2D eigenvalue weighted by atomic mass is 16.5. The minimum absolute atomic E-state index is 0.556. The minimum Gasteiger partial charge on any atom is -0.375 e. The fourth-order valence-corrected chi connectivity index (χ4v) is 2.23. The van der Waals surface area contributed by atoms with Gasteiger partial charge >= 0.3 is 0 Å². The number of hydrogen-bond donors (Lipinski definition) is 0. The van der Waals surface area contributed by atoms with Crippen LogP contribution in [0, 0.1) is 5.92 Å². The van der Waals surface area contributed by atoms with Crippen molar-refractivity contribution in [2.75, 3.05) is 0 Å². The zero-order valence-electron chi connectivity index (χ0n) is 5.97. The molecule has 0 aromatic heterocycles. The molecule has 1 heteroatoms. The summed E-state index contributed by atoms with van der Waals surface area (Å²) in [6, 6.07) is 0. The minimum atomic E-state index is 0.556. The third-order valence-corrected chi connectivity index (χ3v) is 2.63. The Labute approximate surface area is 56.4 Å². The zero-order chi connectivity index (χ0) is 6.27. The van der Waals surface area contributed by atoms with E-state index in [-0.39, 0.29) is 0 Å². The summed E-state index contributed by atoms with van der Waals surface area (Å²) < 4.78 is 5.69. The second kappa shape index (κ2) is 1.98. The molecule has 0 radical (unpaired) electrons. The predicted octanol–water partition coefficient (Wildman–Crippen LogP) is 1.96. The molecule has 0 aromatic rings. The molecule has 0 aromatic carbocycles. The van der Waals surface area contributed by atoms with E-state index in [4.69, 9.17) is 4.74 Å². The maximum Gasteiger partial charge on any atom is 0.0607 e. The summed E-state index contributed by atoms with van der Waals surface area (Å²) in [6.07, 6.45) is 6.69. The Morgan fingerprint density at radius 1 is 1.33 bits per heavy atom. The van der Waals surface area contributed by atoms with Crippen molar-refractivity contribution in [3.63, 3.8) is 0 Å². The first-order valence-electron chi connectivity index (χ1n) is 4.02. The number of rotatable bonds is 0. The third-order valence-electron chi connectivity index (χ3n) is 2.63. The van der Waals surface area contributed by atoms with E-state index in [1.54, 1.807) is 0 Å². The highest BCUT2D eigenvalue weighted by Crippen LogP contribution is 2.38. The van der Waals surface area contributed by atoms with Gasteiger partial charge in [0.15, 0.2) is 0 Å². The van der Waals surface area contributed by atoms with Crippen LogP contribution in [0.2, 0.25) is 0 Å². The summed E-state index contributed by atoms with van der Waals surface area (Å²) in [5, 5.41) is 0. The fraction of sp³-hybridized carbons (Fsp3) is 1.00. The fourth-order valence-electron chi connectivity index (χ4n) is 2.23. The van der Waals surface area contributed by atoms with E-state index in [0.717, 1.165) is 5.92 Å². The Hall–Kier alpha value is -0.0400. The molecule has 1 nitrogen and oxygen atoms in total. The van der Waals surface area contributed by atoms with Crippen molar-refractivity contribution in [3.8, 4) is 0 Å². The molecule has 2 fully saturated rings. The number of ether oxygens (including phenoxy) is 1. The molecule has 1 saturated carbocycles. The summed E-state index contributed by atoms with van der Waals surface area (Å²) >= 11 is 0. The van der Waals surface area contributed by atoms with E-state index in [2.05, 4.69) is 6.92 Å². The van der Waals surface area contributed by atoms with Crippen LogP contribution in [0.4, 0.5) is 0 Å². The lowest BCUT2D eigenvalue weighted by Crippen LogP contribution is -2.07. The van der Waals surface area contributed by atoms with Gasteiger partial charge in [-0.2, -0.15) is 0 Å². The van der Waals surface area contributed by atoms with Gasteiger partial charge < -0.3 is 4.74 Å². The van der Waals surface area contributed by atoms with Crippen molar-refractivity contribution in [2.45, 2.75) is 44.8 Å². The van der Waals surface area contributed by atoms with E-state index >= 15 is 0 Å². The molecule has 0 amide bonds. The molecule has 0 unspecified atom stereocenters. The van der Waals surface area contributed by atoms with Gasteiger partial charge in [-0.25, -0.2) is 0 Å². The Kier molecular flexibility index (Phi) is 1.26. The molecule has 52 valence electrons. The Bertz CT molecular complexity index is 99.1. The lowest BCUT2D eigenvalue weighted by molar-refractivity contribution is 0.0513. The maximum absolute atomic E-state index is 5.69. The summed E-state index contributed by atoms with van der Waals surface area (Å²) in [5.41, 5.74) is 0. The standard InChI is InChI=1S/C8H14O/c1-6-5-7-3-2-4-8(7)9-6/h6-8H,2-5H2,1H3/t6-,7-,8-/m1/s1. The SMILES string of the molecule is C[C@@H]1C[C@H]2CCC[C@H]2O1. The molecule has 2 rings (SSSR count). The molecule has 1 heterocycles. The van der Waals surface area contributed by atoms with Gasteiger partial charge in [-0.05, 0) is 32.1 Å². The topological polar surface area (TPSA) is 9.23 Å². The summed E-state index contributed by atoms with van der Waals surface area (Å²) in [4.78, 5) is 0. The average Bonchev–Trinajstić information content (AvgIpc) is 2.22. The molecular formula is C8H14O. The van der Waals surface area contributed by atoms with Gasteiger partial charge in [0.25, 0.3) is 0 Å². The lowest BCUT2D eigenvalue weighted by atomic mass is 10.0. The highest BCUT2D eigenvalue weighted by Gasteiger charge is 2.35. The largest absolute Gasteiger partial charge is 0.375 e. The number of hydrogen-bond acceptors (Lipinski definition) is 1. The smallest absolute Gasteiger partial charge is 0.0607 e. The van der Waals surface area contributed by atoms with Gasteiger partial charge in [0, 0.05) is 0 Å². The Morgan fingerprint density at radius 2 is 2.22 bits per heavy atom. The number of fused-ring (bicyclic) bond motifs is 1. The monoisotopic (exact) mass is 126 g/mol. The lowest BCUT2D eigenvalue weighted by Gasteiger charge is -2.05. The Balaban J connectivity index is 2.02. The summed E-state index contributed by atoms with van der Waals surface area (Å²) in [6.45, 7) is 2.19. The first-order valence-corrected chi connectivity index (χ1v) is 4.02. The van der Waals surface area contributed by atoms with Crippen LogP contribution in [0.5, 0.6) is 0 Å². The van der Waals surface area contributed by atoms with Crippen LogP contribution in [0.1, 0.15) is 32.6 Å². The van der Waals surface area contributed by atoms with Gasteiger partial charge in [-0.1, -0.05) is 6.42 Å². The van der Waals surface area contributed by atoms with Crippen molar-refractivity contribution in [3.05, 3.63) is 0 Å². The van der Waals surface area contributed by atoms with Gasteiger partial charge in [0.05, 0.1) is 12.2 Å². The van der Waals surface area contributed by atoms with Crippen LogP contribution in [0.25, 0.3) is 0 Å². The van der Waals surface area contributed by atoms with Gasteiger partial charge in [0.2, 0.25) is 0 Å². The normalized spacial score (nSPS) is 49.7. The summed E-state index contributed by atoms with van der Waals surface area (Å²) in [7, 11) is 0. The molecule has 9 heavy (non-hydrogen) atoms. The van der Waals surface area contributed by atoms with Crippen LogP contribution < -0.4 is 0 Å². The maximum atomic E-state index is 5.69. The molecule has 0 bridgehead atoms. The van der Waals surface area contributed by atoms with Crippen LogP contribution in [-0.2, 0) is 4.74 Å². The van der Waals surface area contributed by atoms with Crippen molar-refractivity contribution in [1.29, 1.82) is 0 Å². The average molecular weight is 126 g/mol. The van der Waals surface area contributed by atoms with Crippen molar-refractivity contribution in [2.24, 2.45) is 5.92 Å². The highest BCUT2D eigenvalue weighted by molar-refractivity contribution is 4.85. The molecule has 2 aliphatic rings. The second-order valence-electron chi connectivity index (χ2n) is 3.41. The van der Waals surface area contributed by atoms with Crippen molar-refractivity contribution in [1.82, 2.24) is 0 Å². The quantitative estimate of drug-likeness (QED) is 0.482. The first kappa shape index (κ1) is 5.72. The van der Waals surface area contributed by atoms with E-state index in [9.17, 15) is 0 Å². The van der Waals surface area contributed by atoms with Gasteiger partial charge in [-0.3, -0.25) is 0 Å². The molecule has 1 aliphatic carbocycles. The molecule has 0 spiro atoms. The van der Waals surface area contributed by atoms with Gasteiger partial charge in [-0.15, -0.1) is 0 Å². The molecule has 1 aliphatic heterocycles. The second-order valence-corrected chi connectivity index (χ2v) is 3.41. The van der Waals surface area contributed by atoms with Crippen LogP contribution >= 0.6 is 0 Å². The van der Waals surface area contributed by atoms with Gasteiger partial charge in [0.1, 0.15) is 0 Å². The Morgan fingerprint density at radius 3 is 3.00 bits per heavy atom. The van der Waals surface area contributed by atoms with E-state index in [1.807, 2.05) is 0 Å². The van der Waals surface area contributed by atoms with Crippen molar-refractivity contribution >= 4 is 0 Å². The third kappa shape index (κ3) is 0.877. The summed E-state index contributed by atoms with van der Waals surface area (Å²) in [5.74, 6) is 0.931. The molecule has 0 N–H and O–H groups in total. The zero-order valence-corrected chi connectivity index (χ0v) is 5.97. The van der Waals surface area contributed by atoms with Crippen LogP contribution in [0.3, 0.4) is 0 Å². The van der Waals surface area contributed by atoms with Crippen molar-refractivity contribution < 1.29 is 4.74 Å². The van der Waals surface area contributed by atoms with E-state index in [0.29, 0.717) is 12.2 Å². The van der Waals surface area contributed by atoms with Crippen LogP contribution in [-0.4, -0.2) is 12.2 Å². The molecule has 3 atom stereocenters. The first-order chi connectivity index (χ1) is 4.36. The molecular weight excluding hydrogens is 112 g/mol. The molecule has 1 saturated heterocycles. The van der Waals surface area contributed by atoms with Crippen LogP contribution in [0.15, 0.2) is 0 Å². The van der Waals surface area contributed by atoms with E-state index < -0.39 is 0 Å². The predicted molar refractivity (Wildman–Crippen MR) is 36.3 cm³/mol.